The maximum Gasteiger partial charge on any atom is 0.131 e. The van der Waals surface area contributed by atoms with Gasteiger partial charge in [-0.2, -0.15) is 5.10 Å². The van der Waals surface area contributed by atoms with Gasteiger partial charge in [0.15, 0.2) is 0 Å². The molecule has 5 nitrogen and oxygen atoms in total. The molecule has 0 amide bonds. The van der Waals surface area contributed by atoms with Crippen molar-refractivity contribution in [2.75, 3.05) is 0 Å². The van der Waals surface area contributed by atoms with E-state index < -0.39 is 0 Å². The zero-order valence-corrected chi connectivity index (χ0v) is 14.1. The van der Waals surface area contributed by atoms with Gasteiger partial charge in [-0.25, -0.2) is 9.07 Å². The van der Waals surface area contributed by atoms with E-state index in [1.807, 2.05) is 24.7 Å². The summed E-state index contributed by atoms with van der Waals surface area (Å²) < 4.78 is 14.9. The van der Waals surface area contributed by atoms with Crippen LogP contribution in [-0.4, -0.2) is 20.0 Å². The molecule has 0 saturated carbocycles. The Balaban J connectivity index is 1.74. The molecule has 2 heterocycles. The van der Waals surface area contributed by atoms with Gasteiger partial charge in [0.05, 0.1) is 18.4 Å². The molecular formula is C16H18FN5S. The molecule has 3 aromatic rings. The molecule has 23 heavy (non-hydrogen) atoms. The van der Waals surface area contributed by atoms with Gasteiger partial charge in [-0.15, -0.1) is 21.5 Å². The lowest BCUT2D eigenvalue weighted by molar-refractivity contribution is 0.568. The van der Waals surface area contributed by atoms with Crippen LogP contribution < -0.4 is 5.32 Å². The van der Waals surface area contributed by atoms with E-state index in [2.05, 4.69) is 27.5 Å². The van der Waals surface area contributed by atoms with Gasteiger partial charge in [0.25, 0.3) is 0 Å². The van der Waals surface area contributed by atoms with Gasteiger partial charge in [-0.1, -0.05) is 0 Å². The molecule has 0 unspecified atom stereocenters. The second-order valence-corrected chi connectivity index (χ2v) is 6.66. The van der Waals surface area contributed by atoms with Crippen molar-refractivity contribution < 1.29 is 4.39 Å². The van der Waals surface area contributed by atoms with Crippen molar-refractivity contribution in [2.24, 2.45) is 0 Å². The minimum absolute atomic E-state index is 0.133. The summed E-state index contributed by atoms with van der Waals surface area (Å²) in [5.74, 6) is -0.249. The summed E-state index contributed by atoms with van der Waals surface area (Å²) >= 11 is 1.59. The van der Waals surface area contributed by atoms with Gasteiger partial charge in [-0.05, 0) is 45.0 Å². The Hall–Kier alpha value is -2.12. The average molecular weight is 331 g/mol. The predicted molar refractivity (Wildman–Crippen MR) is 88.2 cm³/mol. The normalized spacial score (nSPS) is 12.5. The molecule has 7 heteroatoms. The van der Waals surface area contributed by atoms with Crippen LogP contribution in [0.5, 0.6) is 0 Å². The van der Waals surface area contributed by atoms with E-state index in [0.29, 0.717) is 6.54 Å². The van der Waals surface area contributed by atoms with Crippen LogP contribution in [0.15, 0.2) is 30.5 Å². The highest BCUT2D eigenvalue weighted by Gasteiger charge is 2.14. The van der Waals surface area contributed by atoms with Gasteiger partial charge in [0.2, 0.25) is 0 Å². The minimum Gasteiger partial charge on any atom is -0.304 e. The first kappa shape index (κ1) is 15.8. The summed E-state index contributed by atoms with van der Waals surface area (Å²) in [6, 6.07) is 6.46. The number of benzene rings is 1. The summed E-state index contributed by atoms with van der Waals surface area (Å²) in [4.78, 5) is 0. The molecule has 0 saturated heterocycles. The Morgan fingerprint density at radius 3 is 2.61 bits per heavy atom. The molecule has 0 aliphatic carbocycles. The number of aryl methyl sites for hydroxylation is 1. The molecule has 0 aliphatic heterocycles. The van der Waals surface area contributed by atoms with Crippen LogP contribution in [0.3, 0.4) is 0 Å². The van der Waals surface area contributed by atoms with Crippen molar-refractivity contribution in [2.45, 2.75) is 33.4 Å². The molecule has 120 valence electrons. The Morgan fingerprint density at radius 1 is 1.22 bits per heavy atom. The summed E-state index contributed by atoms with van der Waals surface area (Å²) in [6.07, 6.45) is 1.85. The van der Waals surface area contributed by atoms with Gasteiger partial charge in [0.1, 0.15) is 15.8 Å². The maximum atomic E-state index is 13.0. The Bertz CT molecular complexity index is 793. The van der Waals surface area contributed by atoms with Crippen molar-refractivity contribution in [3.05, 3.63) is 57.6 Å². The summed E-state index contributed by atoms with van der Waals surface area (Å²) in [5, 5.41) is 17.9. The molecular weight excluding hydrogens is 313 g/mol. The van der Waals surface area contributed by atoms with Crippen LogP contribution in [-0.2, 0) is 6.54 Å². The lowest BCUT2D eigenvalue weighted by Gasteiger charge is -2.13. The van der Waals surface area contributed by atoms with Crippen LogP contribution in [0.4, 0.5) is 4.39 Å². The van der Waals surface area contributed by atoms with Gasteiger partial charge in [-0.3, -0.25) is 0 Å². The highest BCUT2D eigenvalue weighted by molar-refractivity contribution is 7.11. The van der Waals surface area contributed by atoms with E-state index in [4.69, 9.17) is 0 Å². The molecule has 1 N–H and O–H groups in total. The maximum absolute atomic E-state index is 13.0. The fourth-order valence-electron chi connectivity index (χ4n) is 2.45. The third-order valence-corrected chi connectivity index (χ3v) is 4.55. The number of halogens is 1. The molecule has 0 radical (unpaired) electrons. The number of nitrogens with zero attached hydrogens (tertiary/aromatic N) is 4. The lowest BCUT2D eigenvalue weighted by Crippen LogP contribution is -2.18. The van der Waals surface area contributed by atoms with Gasteiger partial charge in [0, 0.05) is 17.3 Å². The largest absolute Gasteiger partial charge is 0.304 e. The molecule has 3 rings (SSSR count). The molecule has 1 aromatic carbocycles. The Labute approximate surface area is 138 Å². The highest BCUT2D eigenvalue weighted by atomic mass is 32.1. The van der Waals surface area contributed by atoms with Crippen molar-refractivity contribution in [1.29, 1.82) is 0 Å². The molecule has 2 aromatic heterocycles. The molecule has 1 atom stereocenters. The van der Waals surface area contributed by atoms with E-state index in [1.54, 1.807) is 23.5 Å². The second kappa shape index (κ2) is 6.55. The molecule has 0 spiro atoms. The fraction of sp³-hybridized carbons (Fsp3) is 0.312. The number of aromatic nitrogens is 4. The second-order valence-electron chi connectivity index (χ2n) is 5.39. The van der Waals surface area contributed by atoms with Crippen molar-refractivity contribution in [3.8, 4) is 5.69 Å². The summed E-state index contributed by atoms with van der Waals surface area (Å²) in [6.45, 7) is 6.72. The first-order valence-corrected chi connectivity index (χ1v) is 8.19. The van der Waals surface area contributed by atoms with Crippen molar-refractivity contribution >= 4 is 11.3 Å². The molecule has 0 aliphatic rings. The van der Waals surface area contributed by atoms with E-state index in [0.717, 1.165) is 27.0 Å². The van der Waals surface area contributed by atoms with Crippen LogP contribution in [0.25, 0.3) is 5.69 Å². The standard InChI is InChI=1S/C16H18FN5S/c1-10(18-9-16-21-20-12(3)23-16)15-8-19-22(11(15)2)14-6-4-13(17)5-7-14/h4-8,10,18H,9H2,1-3H3/t10-/m0/s1. The average Bonchev–Trinajstić information content (AvgIpc) is 3.12. The fourth-order valence-corrected chi connectivity index (χ4v) is 3.11. The quantitative estimate of drug-likeness (QED) is 0.779. The number of rotatable bonds is 5. The predicted octanol–water partition coefficient (Wildman–Crippen LogP) is 3.33. The third kappa shape index (κ3) is 3.46. The van der Waals surface area contributed by atoms with Crippen LogP contribution in [0.1, 0.15) is 34.2 Å². The van der Waals surface area contributed by atoms with Crippen LogP contribution >= 0.6 is 11.3 Å². The van der Waals surface area contributed by atoms with Crippen LogP contribution in [0.2, 0.25) is 0 Å². The van der Waals surface area contributed by atoms with Gasteiger partial charge < -0.3 is 5.32 Å². The van der Waals surface area contributed by atoms with E-state index in [9.17, 15) is 4.39 Å². The first-order valence-electron chi connectivity index (χ1n) is 7.37. The minimum atomic E-state index is -0.249. The zero-order chi connectivity index (χ0) is 16.4. The third-order valence-electron chi connectivity index (χ3n) is 3.71. The van der Waals surface area contributed by atoms with Crippen molar-refractivity contribution in [1.82, 2.24) is 25.3 Å². The molecule has 0 bridgehead atoms. The van der Waals surface area contributed by atoms with E-state index >= 15 is 0 Å². The zero-order valence-electron chi connectivity index (χ0n) is 13.2. The number of hydrogen-bond acceptors (Lipinski definition) is 5. The van der Waals surface area contributed by atoms with Crippen LogP contribution in [0, 0.1) is 19.7 Å². The number of nitrogens with one attached hydrogen (secondary N) is 1. The molecule has 0 fully saturated rings. The summed E-state index contributed by atoms with van der Waals surface area (Å²) in [5.41, 5.74) is 2.99. The first-order chi connectivity index (χ1) is 11.0. The highest BCUT2D eigenvalue weighted by Crippen LogP contribution is 2.21. The van der Waals surface area contributed by atoms with Gasteiger partial charge >= 0.3 is 0 Å². The Morgan fingerprint density at radius 2 is 1.96 bits per heavy atom. The van der Waals surface area contributed by atoms with E-state index in [-0.39, 0.29) is 11.9 Å². The monoisotopic (exact) mass is 331 g/mol. The SMILES string of the molecule is Cc1nnc(CN[C@@H](C)c2cnn(-c3ccc(F)cc3)c2C)s1. The lowest BCUT2D eigenvalue weighted by atomic mass is 10.1. The van der Waals surface area contributed by atoms with Crippen molar-refractivity contribution in [3.63, 3.8) is 0 Å². The smallest absolute Gasteiger partial charge is 0.131 e. The topological polar surface area (TPSA) is 55.6 Å². The number of hydrogen-bond donors (Lipinski definition) is 1. The van der Waals surface area contributed by atoms with E-state index in [1.165, 1.54) is 12.1 Å². The summed E-state index contributed by atoms with van der Waals surface area (Å²) in [7, 11) is 0. The Kier molecular flexibility index (Phi) is 4.49.